The van der Waals surface area contributed by atoms with E-state index in [0.29, 0.717) is 5.92 Å². The minimum atomic E-state index is -0.265. The Labute approximate surface area is 128 Å². The summed E-state index contributed by atoms with van der Waals surface area (Å²) in [4.78, 5) is 2.48. The van der Waals surface area contributed by atoms with E-state index in [9.17, 15) is 5.11 Å². The van der Waals surface area contributed by atoms with Crippen molar-refractivity contribution in [1.82, 2.24) is 4.90 Å². The summed E-state index contributed by atoms with van der Waals surface area (Å²) in [5, 5.41) is 11.0. The van der Waals surface area contributed by atoms with Crippen molar-refractivity contribution in [2.24, 2.45) is 5.92 Å². The Morgan fingerprint density at radius 1 is 1.14 bits per heavy atom. The Bertz CT molecular complexity index is 340. The molecule has 0 amide bonds. The average molecular weight is 297 g/mol. The van der Waals surface area contributed by atoms with Gasteiger partial charge in [0, 0.05) is 25.4 Å². The van der Waals surface area contributed by atoms with Crippen molar-refractivity contribution in [2.45, 2.75) is 69.6 Å². The second-order valence-corrected chi connectivity index (χ2v) is 7.69. The first kappa shape index (κ1) is 15.7. The fraction of sp³-hybridized carbons (Fsp3) is 1.00. The van der Waals surface area contributed by atoms with E-state index in [0.717, 1.165) is 58.6 Å². The molecule has 4 nitrogen and oxygen atoms in total. The molecule has 0 aliphatic carbocycles. The maximum absolute atomic E-state index is 11.0. The first-order valence-electron chi connectivity index (χ1n) is 8.68. The highest BCUT2D eigenvalue weighted by molar-refractivity contribution is 4.98. The lowest BCUT2D eigenvalue weighted by Gasteiger charge is -2.49. The van der Waals surface area contributed by atoms with E-state index in [1.807, 2.05) is 0 Å². The van der Waals surface area contributed by atoms with Crippen LogP contribution in [0.5, 0.6) is 0 Å². The summed E-state index contributed by atoms with van der Waals surface area (Å²) >= 11 is 0. The van der Waals surface area contributed by atoms with Gasteiger partial charge in [-0.15, -0.1) is 0 Å². The molecule has 122 valence electrons. The Morgan fingerprint density at radius 3 is 2.48 bits per heavy atom. The van der Waals surface area contributed by atoms with Gasteiger partial charge >= 0.3 is 0 Å². The average Bonchev–Trinajstić information content (AvgIpc) is 3.02. The molecular weight excluding hydrogens is 266 g/mol. The fourth-order valence-corrected chi connectivity index (χ4v) is 4.48. The molecule has 1 N–H and O–H groups in total. The molecule has 0 saturated carbocycles. The SMILES string of the molecule is CC(C)(C(O)C1CCOC2(CCOCC2)C1)N1CCCC1. The van der Waals surface area contributed by atoms with Crippen LogP contribution in [0.25, 0.3) is 0 Å². The van der Waals surface area contributed by atoms with Gasteiger partial charge in [0.05, 0.1) is 11.7 Å². The topological polar surface area (TPSA) is 41.9 Å². The highest BCUT2D eigenvalue weighted by Gasteiger charge is 2.46. The summed E-state index contributed by atoms with van der Waals surface area (Å²) in [6.45, 7) is 9.09. The molecule has 3 aliphatic heterocycles. The number of hydrogen-bond donors (Lipinski definition) is 1. The van der Waals surface area contributed by atoms with Crippen molar-refractivity contribution >= 4 is 0 Å². The number of aliphatic hydroxyl groups excluding tert-OH is 1. The predicted octanol–water partition coefficient (Wildman–Crippen LogP) is 2.20. The van der Waals surface area contributed by atoms with Crippen LogP contribution in [0.15, 0.2) is 0 Å². The number of nitrogens with zero attached hydrogens (tertiary/aromatic N) is 1. The van der Waals surface area contributed by atoms with Gasteiger partial charge in [0.15, 0.2) is 0 Å². The molecule has 3 aliphatic rings. The van der Waals surface area contributed by atoms with Crippen LogP contribution >= 0.6 is 0 Å². The van der Waals surface area contributed by atoms with Crippen LogP contribution < -0.4 is 0 Å². The molecule has 3 rings (SSSR count). The van der Waals surface area contributed by atoms with Gasteiger partial charge in [-0.2, -0.15) is 0 Å². The summed E-state index contributed by atoms with van der Waals surface area (Å²) in [5.41, 5.74) is -0.145. The maximum Gasteiger partial charge on any atom is 0.0748 e. The van der Waals surface area contributed by atoms with Crippen LogP contribution in [0.3, 0.4) is 0 Å². The van der Waals surface area contributed by atoms with Crippen LogP contribution in [0.2, 0.25) is 0 Å². The summed E-state index contributed by atoms with van der Waals surface area (Å²) in [7, 11) is 0. The van der Waals surface area contributed by atoms with Gasteiger partial charge in [-0.25, -0.2) is 0 Å². The minimum Gasteiger partial charge on any atom is -0.391 e. The van der Waals surface area contributed by atoms with Gasteiger partial charge in [0.25, 0.3) is 0 Å². The van der Waals surface area contributed by atoms with Crippen LogP contribution in [-0.4, -0.2) is 60.2 Å². The molecule has 2 atom stereocenters. The molecule has 0 aromatic carbocycles. The fourth-order valence-electron chi connectivity index (χ4n) is 4.48. The lowest BCUT2D eigenvalue weighted by molar-refractivity contribution is -0.168. The number of rotatable bonds is 3. The van der Waals surface area contributed by atoms with Crippen molar-refractivity contribution < 1.29 is 14.6 Å². The molecule has 1 spiro atoms. The molecule has 0 aromatic rings. The zero-order valence-corrected chi connectivity index (χ0v) is 13.6. The van der Waals surface area contributed by atoms with Crippen LogP contribution in [-0.2, 0) is 9.47 Å². The van der Waals surface area contributed by atoms with E-state index in [1.54, 1.807) is 0 Å². The van der Waals surface area contributed by atoms with Gasteiger partial charge < -0.3 is 14.6 Å². The molecule has 3 fully saturated rings. The zero-order valence-electron chi connectivity index (χ0n) is 13.6. The highest BCUT2D eigenvalue weighted by Crippen LogP contribution is 2.41. The smallest absolute Gasteiger partial charge is 0.0748 e. The van der Waals surface area contributed by atoms with E-state index in [2.05, 4.69) is 18.7 Å². The first-order chi connectivity index (χ1) is 10.0. The second-order valence-electron chi connectivity index (χ2n) is 7.69. The second kappa shape index (κ2) is 6.15. The predicted molar refractivity (Wildman–Crippen MR) is 82.4 cm³/mol. The zero-order chi connectivity index (χ0) is 14.9. The number of aliphatic hydroxyl groups is 1. The van der Waals surface area contributed by atoms with E-state index < -0.39 is 0 Å². The van der Waals surface area contributed by atoms with E-state index in [1.165, 1.54) is 12.8 Å². The third-order valence-corrected chi connectivity index (χ3v) is 6.03. The highest BCUT2D eigenvalue weighted by atomic mass is 16.5. The summed E-state index contributed by atoms with van der Waals surface area (Å²) < 4.78 is 11.6. The van der Waals surface area contributed by atoms with Crippen molar-refractivity contribution in [3.05, 3.63) is 0 Å². The monoisotopic (exact) mass is 297 g/mol. The Kier molecular flexibility index (Phi) is 4.60. The Morgan fingerprint density at radius 2 is 1.81 bits per heavy atom. The van der Waals surface area contributed by atoms with Crippen LogP contribution in [0.4, 0.5) is 0 Å². The normalized spacial score (nSPS) is 32.4. The Hall–Kier alpha value is -0.160. The molecule has 21 heavy (non-hydrogen) atoms. The van der Waals surface area contributed by atoms with Crippen molar-refractivity contribution in [3.63, 3.8) is 0 Å². The quantitative estimate of drug-likeness (QED) is 0.867. The van der Waals surface area contributed by atoms with E-state index >= 15 is 0 Å². The van der Waals surface area contributed by atoms with Crippen LogP contribution in [0.1, 0.15) is 52.4 Å². The third-order valence-electron chi connectivity index (χ3n) is 6.03. The van der Waals surface area contributed by atoms with Crippen molar-refractivity contribution in [2.75, 3.05) is 32.9 Å². The van der Waals surface area contributed by atoms with E-state index in [4.69, 9.17) is 9.47 Å². The summed E-state index contributed by atoms with van der Waals surface area (Å²) in [6, 6.07) is 0. The minimum absolute atomic E-state index is 0.0246. The van der Waals surface area contributed by atoms with Gasteiger partial charge in [0.2, 0.25) is 0 Å². The van der Waals surface area contributed by atoms with Gasteiger partial charge in [-0.1, -0.05) is 0 Å². The van der Waals surface area contributed by atoms with Crippen molar-refractivity contribution in [3.8, 4) is 0 Å². The number of ether oxygens (including phenoxy) is 2. The molecule has 0 radical (unpaired) electrons. The van der Waals surface area contributed by atoms with E-state index in [-0.39, 0.29) is 17.2 Å². The van der Waals surface area contributed by atoms with Gasteiger partial charge in [-0.3, -0.25) is 4.90 Å². The summed E-state index contributed by atoms with van der Waals surface area (Å²) in [6.07, 6.45) is 6.23. The number of likely N-dealkylation sites (tertiary alicyclic amines) is 1. The number of hydrogen-bond acceptors (Lipinski definition) is 4. The van der Waals surface area contributed by atoms with Crippen LogP contribution in [0, 0.1) is 5.92 Å². The first-order valence-corrected chi connectivity index (χ1v) is 8.68. The molecular formula is C17H31NO3. The largest absolute Gasteiger partial charge is 0.391 e. The molecule has 0 bridgehead atoms. The molecule has 0 aromatic heterocycles. The molecule has 2 unspecified atom stereocenters. The van der Waals surface area contributed by atoms with Gasteiger partial charge in [0.1, 0.15) is 0 Å². The molecule has 3 heterocycles. The lowest BCUT2D eigenvalue weighted by Crippen LogP contribution is -2.57. The maximum atomic E-state index is 11.0. The lowest BCUT2D eigenvalue weighted by atomic mass is 9.74. The van der Waals surface area contributed by atoms with Crippen molar-refractivity contribution in [1.29, 1.82) is 0 Å². The summed E-state index contributed by atoms with van der Waals surface area (Å²) in [5.74, 6) is 0.354. The molecule has 4 heteroatoms. The third kappa shape index (κ3) is 3.14. The Balaban J connectivity index is 1.67. The standard InChI is InChI=1S/C17H31NO3/c1-16(2,18-8-3-4-9-18)15(19)14-5-10-21-17(13-14)6-11-20-12-7-17/h14-15,19H,3-13H2,1-2H3. The van der Waals surface area contributed by atoms with Gasteiger partial charge in [-0.05, 0) is 71.4 Å². The molecule has 3 saturated heterocycles.